The molecule has 104 heavy (non-hydrogen) atoms. The molecule has 2 heterocycles. The molecule has 616 valence electrons. The van der Waals surface area contributed by atoms with E-state index in [2.05, 4.69) is 31.3 Å². The maximum Gasteiger partial charge on any atom is 0.220 e. The van der Waals surface area contributed by atoms with Crippen molar-refractivity contribution >= 4 is 5.91 Å². The molecule has 2 fully saturated rings. The van der Waals surface area contributed by atoms with Crippen LogP contribution in [0.5, 0.6) is 0 Å². The number of hydrogen-bond donors (Lipinski definition) is 9. The molecular weight excluding hydrogens is 1300 g/mol. The maximum atomic E-state index is 13.4. The molecule has 0 bridgehead atoms. The van der Waals surface area contributed by atoms with Gasteiger partial charge >= 0.3 is 0 Å². The summed E-state index contributed by atoms with van der Waals surface area (Å²) in [5, 5.41) is 87.8. The van der Waals surface area contributed by atoms with Gasteiger partial charge in [-0.2, -0.15) is 0 Å². The van der Waals surface area contributed by atoms with E-state index in [1.807, 2.05) is 6.08 Å². The first kappa shape index (κ1) is 98.5. The van der Waals surface area contributed by atoms with Gasteiger partial charge in [0.25, 0.3) is 0 Å². The van der Waals surface area contributed by atoms with E-state index in [0.717, 1.165) is 32.1 Å². The van der Waals surface area contributed by atoms with Crippen molar-refractivity contribution in [2.24, 2.45) is 0 Å². The molecule has 0 spiro atoms. The summed E-state index contributed by atoms with van der Waals surface area (Å²) in [4.78, 5) is 13.4. The molecule has 0 radical (unpaired) electrons. The zero-order chi connectivity index (χ0) is 75.1. The third-order valence-electron chi connectivity index (χ3n) is 22.6. The summed E-state index contributed by atoms with van der Waals surface area (Å²) in [7, 11) is 0. The van der Waals surface area contributed by atoms with Crippen LogP contribution in [0.2, 0.25) is 0 Å². The Morgan fingerprint density at radius 2 is 0.615 bits per heavy atom. The first-order valence-electron chi connectivity index (χ1n) is 45.6. The maximum absolute atomic E-state index is 13.4. The number of hydrogen-bond acceptors (Lipinski definition) is 13. The van der Waals surface area contributed by atoms with Gasteiger partial charge in [0, 0.05) is 6.42 Å². The second-order valence-corrected chi connectivity index (χ2v) is 32.4. The van der Waals surface area contributed by atoms with E-state index in [4.69, 9.17) is 18.9 Å². The van der Waals surface area contributed by atoms with Gasteiger partial charge in [0.2, 0.25) is 5.91 Å². The van der Waals surface area contributed by atoms with Crippen LogP contribution < -0.4 is 5.32 Å². The van der Waals surface area contributed by atoms with Gasteiger partial charge in [-0.1, -0.05) is 436 Å². The first-order chi connectivity index (χ1) is 51.1. The monoisotopic (exact) mass is 1480 g/mol. The molecule has 12 atom stereocenters. The Kier molecular flexibility index (Phi) is 70.3. The SMILES string of the molecule is CCCCCCCCCCCCCCCCCCCCCCCCCCC/C=C/CC/C=C/C(O)C(COC1OC(CO)C(OC2OC(CO)C(O)C(O)C2O)C(O)C1O)NC(=O)CCCCCCCCCCCCCCCCCCCCCCCCCCCCCCCCCCCCCCCCC. The molecule has 0 aromatic rings. The predicted molar refractivity (Wildman–Crippen MR) is 434 cm³/mol. The van der Waals surface area contributed by atoms with Crippen LogP contribution in [0.25, 0.3) is 0 Å². The number of ether oxygens (including phenoxy) is 4. The van der Waals surface area contributed by atoms with Gasteiger partial charge in [-0.25, -0.2) is 0 Å². The Balaban J connectivity index is 1.56. The highest BCUT2D eigenvalue weighted by Crippen LogP contribution is 2.31. The van der Waals surface area contributed by atoms with Crippen LogP contribution in [0.1, 0.15) is 450 Å². The molecule has 0 aromatic heterocycles. The zero-order valence-electron chi connectivity index (χ0n) is 68.1. The minimum Gasteiger partial charge on any atom is -0.394 e. The van der Waals surface area contributed by atoms with E-state index < -0.39 is 86.8 Å². The second-order valence-electron chi connectivity index (χ2n) is 32.4. The van der Waals surface area contributed by atoms with Crippen LogP contribution in [0.4, 0.5) is 0 Å². The van der Waals surface area contributed by atoms with Crippen molar-refractivity contribution in [1.29, 1.82) is 0 Å². The molecular formula is C90H173NO13. The summed E-state index contributed by atoms with van der Waals surface area (Å²) in [5.74, 6) is -0.238. The number of rotatable bonds is 79. The molecule has 2 rings (SSSR count). The van der Waals surface area contributed by atoms with Crippen LogP contribution >= 0.6 is 0 Å². The normalized spacial score (nSPS) is 21.5. The molecule has 14 nitrogen and oxygen atoms in total. The molecule has 0 saturated carbocycles. The molecule has 2 aliphatic heterocycles. The van der Waals surface area contributed by atoms with Crippen molar-refractivity contribution in [3.8, 4) is 0 Å². The molecule has 1 amide bonds. The largest absolute Gasteiger partial charge is 0.394 e. The highest BCUT2D eigenvalue weighted by Gasteiger charge is 2.51. The third kappa shape index (κ3) is 55.8. The van der Waals surface area contributed by atoms with E-state index in [9.17, 15) is 45.6 Å². The molecule has 2 saturated heterocycles. The standard InChI is InChI=1S/C90H173NO13/c1-3-5-7-9-11-13-15-17-19-21-23-25-27-29-31-33-35-36-37-38-39-40-41-42-44-46-48-50-52-54-56-58-60-62-64-66-68-70-72-74-82(95)91-78(77-101-89-87(100)85(98)88(81(76-93)103-89)104-90-86(99)84(97)83(96)80(75-92)102-90)79(94)73-71-69-67-65-63-61-59-57-55-53-51-49-47-45-43-34-32-30-28-26-24-22-20-18-16-14-12-10-8-6-4-2/h63,65,71,73,78-81,83-90,92-94,96-100H,3-62,64,66-70,72,74-77H2,1-2H3,(H,91,95)/b65-63+,73-71+. The number of aliphatic hydroxyl groups is 8. The van der Waals surface area contributed by atoms with E-state index in [1.54, 1.807) is 6.08 Å². The quantitative estimate of drug-likeness (QED) is 0.0204. The topological polar surface area (TPSA) is 228 Å². The summed E-state index contributed by atoms with van der Waals surface area (Å²) in [6.07, 6.45) is 81.8. The Labute approximate surface area is 640 Å². The summed E-state index contributed by atoms with van der Waals surface area (Å²) in [6.45, 7) is 2.87. The van der Waals surface area contributed by atoms with Crippen molar-refractivity contribution in [1.82, 2.24) is 5.32 Å². The van der Waals surface area contributed by atoms with Gasteiger partial charge < -0.3 is 65.1 Å². The van der Waals surface area contributed by atoms with Gasteiger partial charge in [-0.3, -0.25) is 4.79 Å². The number of allylic oxidation sites excluding steroid dienone is 3. The van der Waals surface area contributed by atoms with Gasteiger partial charge in [0.05, 0.1) is 32.0 Å². The van der Waals surface area contributed by atoms with Gasteiger partial charge in [-0.15, -0.1) is 0 Å². The van der Waals surface area contributed by atoms with Gasteiger partial charge in [0.15, 0.2) is 12.6 Å². The highest BCUT2D eigenvalue weighted by atomic mass is 16.7. The predicted octanol–water partition coefficient (Wildman–Crippen LogP) is 22.2. The fourth-order valence-electron chi connectivity index (χ4n) is 15.5. The summed E-state index contributed by atoms with van der Waals surface area (Å²) in [6, 6.07) is -0.931. The number of amides is 1. The Morgan fingerprint density at radius 3 is 0.942 bits per heavy atom. The molecule has 2 aliphatic rings. The summed E-state index contributed by atoms with van der Waals surface area (Å²) < 4.78 is 22.9. The Hall–Kier alpha value is -1.53. The van der Waals surface area contributed by atoms with Crippen LogP contribution in [0.3, 0.4) is 0 Å². The van der Waals surface area contributed by atoms with Crippen molar-refractivity contribution in [2.45, 2.75) is 524 Å². The van der Waals surface area contributed by atoms with E-state index in [-0.39, 0.29) is 18.9 Å². The zero-order valence-corrected chi connectivity index (χ0v) is 68.1. The second kappa shape index (κ2) is 74.2. The van der Waals surface area contributed by atoms with Gasteiger partial charge in [-0.05, 0) is 32.1 Å². The van der Waals surface area contributed by atoms with E-state index >= 15 is 0 Å². The summed E-state index contributed by atoms with van der Waals surface area (Å²) in [5.41, 5.74) is 0. The van der Waals surface area contributed by atoms with Crippen molar-refractivity contribution in [3.63, 3.8) is 0 Å². The van der Waals surface area contributed by atoms with Gasteiger partial charge in [0.1, 0.15) is 48.8 Å². The summed E-state index contributed by atoms with van der Waals surface area (Å²) >= 11 is 0. The number of aliphatic hydroxyl groups excluding tert-OH is 8. The number of carbonyl (C=O) groups excluding carboxylic acids is 1. The van der Waals surface area contributed by atoms with Crippen molar-refractivity contribution in [3.05, 3.63) is 24.3 Å². The molecule has 9 N–H and O–H groups in total. The minimum absolute atomic E-state index is 0.238. The van der Waals surface area contributed by atoms with Crippen molar-refractivity contribution < 1.29 is 64.6 Å². The highest BCUT2D eigenvalue weighted by molar-refractivity contribution is 5.76. The van der Waals surface area contributed by atoms with Crippen LogP contribution in [-0.4, -0.2) is 140 Å². The lowest BCUT2D eigenvalue weighted by Gasteiger charge is -2.46. The Morgan fingerprint density at radius 1 is 0.337 bits per heavy atom. The fourth-order valence-corrected chi connectivity index (χ4v) is 15.5. The van der Waals surface area contributed by atoms with E-state index in [0.29, 0.717) is 12.8 Å². The number of nitrogens with one attached hydrogen (secondary N) is 1. The first-order valence-corrected chi connectivity index (χ1v) is 45.6. The molecule has 14 heteroatoms. The average Bonchev–Trinajstić information content (AvgIpc) is 0.790. The van der Waals surface area contributed by atoms with Crippen molar-refractivity contribution in [2.75, 3.05) is 19.8 Å². The molecule has 12 unspecified atom stereocenters. The van der Waals surface area contributed by atoms with Crippen LogP contribution in [0.15, 0.2) is 24.3 Å². The third-order valence-corrected chi connectivity index (χ3v) is 22.6. The lowest BCUT2D eigenvalue weighted by Crippen LogP contribution is -2.65. The number of carbonyl (C=O) groups is 1. The van der Waals surface area contributed by atoms with Crippen LogP contribution in [-0.2, 0) is 23.7 Å². The van der Waals surface area contributed by atoms with E-state index in [1.165, 1.54) is 385 Å². The van der Waals surface area contributed by atoms with Crippen LogP contribution in [0, 0.1) is 0 Å². The minimum atomic E-state index is -1.79. The smallest absolute Gasteiger partial charge is 0.220 e. The number of unbranched alkanes of at least 4 members (excludes halogenated alkanes) is 64. The molecule has 0 aromatic carbocycles. The lowest BCUT2D eigenvalue weighted by atomic mass is 9.97. The fraction of sp³-hybridized carbons (Fsp3) is 0.944. The average molecular weight is 1480 g/mol. The lowest BCUT2D eigenvalue weighted by molar-refractivity contribution is -0.359. The Bertz CT molecular complexity index is 1840. The molecule has 0 aliphatic carbocycles.